The molecule has 4 aromatic carbocycles. The fraction of sp³-hybridized carbons (Fsp3) is 0.0833. The number of aromatic nitrogens is 4. The largest absolute Gasteiger partial charge is 0.507 e. The van der Waals surface area contributed by atoms with Crippen LogP contribution in [0.3, 0.4) is 0 Å². The van der Waals surface area contributed by atoms with Crippen molar-refractivity contribution in [1.82, 2.24) is 19.9 Å². The molecule has 3 aromatic heterocycles. The van der Waals surface area contributed by atoms with Crippen molar-refractivity contribution in [2.75, 3.05) is 28.4 Å². The minimum absolute atomic E-state index is 0.0659. The third kappa shape index (κ3) is 6.44. The molecular weight excluding hydrogens is 713 g/mol. The van der Waals surface area contributed by atoms with Crippen LogP contribution < -0.4 is 18.9 Å². The summed E-state index contributed by atoms with van der Waals surface area (Å²) in [5, 5.41) is 11.5. The van der Waals surface area contributed by atoms with E-state index in [0.717, 1.165) is 95.3 Å². The molecule has 0 saturated heterocycles. The lowest BCUT2D eigenvalue weighted by atomic mass is 10.0. The van der Waals surface area contributed by atoms with Gasteiger partial charge in [0, 0.05) is 56.0 Å². The van der Waals surface area contributed by atoms with Crippen LogP contribution in [0, 0.1) is 0 Å². The minimum atomic E-state index is 0.0659. The predicted octanol–water partition coefficient (Wildman–Crippen LogP) is 11.1. The van der Waals surface area contributed by atoms with Gasteiger partial charge in [0.25, 0.3) is 0 Å². The molecule has 0 amide bonds. The summed E-state index contributed by atoms with van der Waals surface area (Å²) in [5.41, 5.74) is 13.3. The fourth-order valence-electron chi connectivity index (χ4n) is 7.52. The number of ether oxygens (including phenoxy) is 4. The topological polar surface area (TPSA) is 115 Å². The van der Waals surface area contributed by atoms with Crippen molar-refractivity contribution < 1.29 is 24.1 Å². The summed E-state index contributed by atoms with van der Waals surface area (Å²) >= 11 is 0. The van der Waals surface area contributed by atoms with Gasteiger partial charge in [-0.1, -0.05) is 36.4 Å². The number of hydrogen-bond donors (Lipinski definition) is 3. The van der Waals surface area contributed by atoms with Gasteiger partial charge in [0.1, 0.15) is 28.7 Å². The van der Waals surface area contributed by atoms with Gasteiger partial charge in [-0.3, -0.25) is 0 Å². The Morgan fingerprint density at radius 1 is 0.386 bits per heavy atom. The lowest BCUT2D eigenvalue weighted by Gasteiger charge is -2.09. The van der Waals surface area contributed by atoms with Crippen LogP contribution >= 0.6 is 0 Å². The SMILES string of the molecule is COc1ccc(-c2c3nc(c(-c4ccc(OC)cc4)c4ccc([nH]4)c(-c4ccc(OC)cc4O)c4nc(c(-c5ccc(OC)cc5)c5ccc2[nH]5)C=C4)C=C3)cc1. The van der Waals surface area contributed by atoms with Crippen LogP contribution in [0.1, 0.15) is 22.8 Å². The van der Waals surface area contributed by atoms with Gasteiger partial charge in [-0.05, 0) is 114 Å². The molecule has 2 aliphatic heterocycles. The summed E-state index contributed by atoms with van der Waals surface area (Å²) in [6, 6.07) is 37.5. The number of aromatic amines is 2. The molecule has 0 aliphatic carbocycles. The molecule has 9 heteroatoms. The van der Waals surface area contributed by atoms with Crippen LogP contribution in [-0.2, 0) is 0 Å². The Labute approximate surface area is 329 Å². The Bertz CT molecular complexity index is 2840. The van der Waals surface area contributed by atoms with Gasteiger partial charge >= 0.3 is 0 Å². The van der Waals surface area contributed by atoms with Crippen molar-refractivity contribution in [3.63, 3.8) is 0 Å². The molecule has 0 radical (unpaired) electrons. The maximum Gasteiger partial charge on any atom is 0.127 e. The number of rotatable bonds is 8. The van der Waals surface area contributed by atoms with Gasteiger partial charge in [-0.25, -0.2) is 9.97 Å². The first kappa shape index (κ1) is 35.2. The predicted molar refractivity (Wildman–Crippen MR) is 228 cm³/mol. The van der Waals surface area contributed by atoms with Gasteiger partial charge in [-0.2, -0.15) is 0 Å². The van der Waals surface area contributed by atoms with E-state index in [4.69, 9.17) is 28.9 Å². The van der Waals surface area contributed by atoms with Crippen LogP contribution in [-0.4, -0.2) is 53.5 Å². The Hall–Kier alpha value is -7.52. The Balaban J connectivity index is 1.45. The van der Waals surface area contributed by atoms with E-state index in [2.05, 4.69) is 46.4 Å². The lowest BCUT2D eigenvalue weighted by molar-refractivity contribution is 0.408. The highest BCUT2D eigenvalue weighted by Crippen LogP contribution is 2.41. The number of phenolic OH excluding ortho intramolecular Hbond substituents is 1. The number of methoxy groups -OCH3 is 4. The maximum absolute atomic E-state index is 11.5. The molecule has 5 heterocycles. The van der Waals surface area contributed by atoms with Crippen molar-refractivity contribution in [2.45, 2.75) is 0 Å². The highest BCUT2D eigenvalue weighted by Gasteiger charge is 2.20. The average molecular weight is 751 g/mol. The smallest absolute Gasteiger partial charge is 0.127 e. The normalized spacial score (nSPS) is 11.8. The summed E-state index contributed by atoms with van der Waals surface area (Å²) in [6.07, 6.45) is 8.13. The fourth-order valence-corrected chi connectivity index (χ4v) is 7.52. The third-order valence-corrected chi connectivity index (χ3v) is 10.4. The quantitative estimate of drug-likeness (QED) is 0.142. The Morgan fingerprint density at radius 3 is 1.04 bits per heavy atom. The van der Waals surface area contributed by atoms with Gasteiger partial charge in [-0.15, -0.1) is 0 Å². The van der Waals surface area contributed by atoms with E-state index in [1.54, 1.807) is 34.5 Å². The number of benzene rings is 4. The summed E-state index contributed by atoms with van der Waals surface area (Å²) in [7, 11) is 6.56. The summed E-state index contributed by atoms with van der Waals surface area (Å²) in [4.78, 5) is 18.1. The van der Waals surface area contributed by atoms with E-state index in [1.165, 1.54) is 0 Å². The number of H-pyrrole nitrogens is 2. The zero-order chi connectivity index (χ0) is 39.0. The number of nitrogens with one attached hydrogen (secondary N) is 2. The van der Waals surface area contributed by atoms with E-state index in [9.17, 15) is 5.11 Å². The van der Waals surface area contributed by atoms with Gasteiger partial charge in [0.2, 0.25) is 0 Å². The molecular formula is C48H38N4O5. The summed E-state index contributed by atoms with van der Waals surface area (Å²) in [5.74, 6) is 2.88. The number of nitrogens with zero attached hydrogens (tertiary/aromatic N) is 2. The van der Waals surface area contributed by atoms with E-state index >= 15 is 0 Å². The molecule has 57 heavy (non-hydrogen) atoms. The van der Waals surface area contributed by atoms with Gasteiger partial charge in [0.15, 0.2) is 0 Å². The number of fused-ring (bicyclic) bond motifs is 8. The van der Waals surface area contributed by atoms with E-state index in [1.807, 2.05) is 97.1 Å². The maximum atomic E-state index is 11.5. The molecule has 0 spiro atoms. The number of aromatic hydroxyl groups is 1. The van der Waals surface area contributed by atoms with Crippen molar-refractivity contribution in [1.29, 1.82) is 0 Å². The highest BCUT2D eigenvalue weighted by molar-refractivity contribution is 6.00. The van der Waals surface area contributed by atoms with Crippen molar-refractivity contribution >= 4 is 46.4 Å². The van der Waals surface area contributed by atoms with Crippen molar-refractivity contribution in [3.8, 4) is 73.3 Å². The van der Waals surface area contributed by atoms with E-state index in [-0.39, 0.29) is 5.75 Å². The van der Waals surface area contributed by atoms with E-state index < -0.39 is 0 Å². The second-order valence-electron chi connectivity index (χ2n) is 13.6. The van der Waals surface area contributed by atoms with Gasteiger partial charge < -0.3 is 34.0 Å². The van der Waals surface area contributed by atoms with Crippen LogP contribution in [0.4, 0.5) is 0 Å². The monoisotopic (exact) mass is 750 g/mol. The molecule has 280 valence electrons. The molecule has 3 N–H and O–H groups in total. The molecule has 8 bridgehead atoms. The first-order valence-electron chi connectivity index (χ1n) is 18.4. The average Bonchev–Trinajstić information content (AvgIpc) is 4.10. The van der Waals surface area contributed by atoms with Crippen LogP contribution in [0.15, 0.2) is 115 Å². The van der Waals surface area contributed by atoms with Crippen LogP contribution in [0.25, 0.3) is 90.9 Å². The second kappa shape index (κ2) is 14.6. The van der Waals surface area contributed by atoms with Crippen LogP contribution in [0.2, 0.25) is 0 Å². The molecule has 0 fully saturated rings. The lowest BCUT2D eigenvalue weighted by Crippen LogP contribution is -1.91. The Morgan fingerprint density at radius 2 is 0.702 bits per heavy atom. The molecule has 7 aromatic rings. The van der Waals surface area contributed by atoms with Crippen LogP contribution in [0.5, 0.6) is 28.7 Å². The molecule has 0 saturated carbocycles. The van der Waals surface area contributed by atoms with E-state index in [0.29, 0.717) is 17.0 Å². The first-order valence-corrected chi connectivity index (χ1v) is 18.4. The first-order chi connectivity index (χ1) is 27.9. The minimum Gasteiger partial charge on any atom is -0.507 e. The summed E-state index contributed by atoms with van der Waals surface area (Å²) in [6.45, 7) is 0. The van der Waals surface area contributed by atoms with Gasteiger partial charge in [0.05, 0.1) is 51.2 Å². The number of hydrogen-bond acceptors (Lipinski definition) is 7. The molecule has 0 atom stereocenters. The zero-order valence-electron chi connectivity index (χ0n) is 31.8. The molecule has 9 rings (SSSR count). The van der Waals surface area contributed by atoms with Crippen molar-refractivity contribution in [2.24, 2.45) is 0 Å². The standard InChI is InChI=1S/C48H38N4O5/c1-54-31-11-5-28(6-12-31)45-36-19-21-38(49-36)46(29-7-13-32(55-2)14-8-29)40-23-25-42(51-40)48(35-18-17-34(57-4)27-44(35)53)43-26-24-41(52-43)47(39-22-20-37(45)50-39)30-9-15-33(56-3)16-10-30/h5-27,49,52-53H,1-4H3. The second-order valence-corrected chi connectivity index (χ2v) is 13.6. The molecule has 2 aliphatic rings. The summed E-state index contributed by atoms with van der Waals surface area (Å²) < 4.78 is 22.0. The molecule has 0 unspecified atom stereocenters. The highest BCUT2D eigenvalue weighted by atomic mass is 16.5. The molecule has 9 nitrogen and oxygen atoms in total. The van der Waals surface area contributed by atoms with Crippen molar-refractivity contribution in [3.05, 3.63) is 138 Å². The Kier molecular flexibility index (Phi) is 9.02. The zero-order valence-corrected chi connectivity index (χ0v) is 31.8. The third-order valence-electron chi connectivity index (χ3n) is 10.4. The number of phenols is 1.